The molecule has 1 aliphatic carbocycles. The van der Waals surface area contributed by atoms with Gasteiger partial charge >= 0.3 is 11.9 Å². The number of nitrogens with zero attached hydrogens (tertiary/aromatic N) is 1. The molecule has 32 heavy (non-hydrogen) atoms. The molecule has 0 N–H and O–H groups in total. The first kappa shape index (κ1) is 22.3. The number of hydrogen-bond acceptors (Lipinski definition) is 7. The summed E-state index contributed by atoms with van der Waals surface area (Å²) >= 11 is 3.38. The van der Waals surface area contributed by atoms with Crippen molar-refractivity contribution in [1.82, 2.24) is 4.90 Å². The Morgan fingerprint density at radius 3 is 2.44 bits per heavy atom. The molecule has 1 aromatic carbocycles. The van der Waals surface area contributed by atoms with E-state index in [1.807, 2.05) is 12.2 Å². The van der Waals surface area contributed by atoms with Gasteiger partial charge < -0.3 is 13.9 Å². The number of hydrogen-bond donors (Lipinski definition) is 0. The molecule has 4 rings (SSSR count). The van der Waals surface area contributed by atoms with Gasteiger partial charge in [-0.3, -0.25) is 14.5 Å². The fourth-order valence-electron chi connectivity index (χ4n) is 4.20. The lowest BCUT2D eigenvalue weighted by atomic mass is 9.85. The average Bonchev–Trinajstić information content (AvgIpc) is 3.26. The maximum atomic E-state index is 12.8. The largest absolute Gasteiger partial charge is 0.460 e. The molecule has 3 atom stereocenters. The third-order valence-electron chi connectivity index (χ3n) is 5.84. The van der Waals surface area contributed by atoms with Crippen LogP contribution in [0.15, 0.2) is 39.2 Å². The molecule has 0 unspecified atom stereocenters. The lowest BCUT2D eigenvalue weighted by Gasteiger charge is -2.21. The minimum absolute atomic E-state index is 0.0502. The summed E-state index contributed by atoms with van der Waals surface area (Å²) in [4.78, 5) is 51.7. The number of esters is 2. The van der Waals surface area contributed by atoms with E-state index < -0.39 is 29.8 Å². The van der Waals surface area contributed by atoms with Crippen LogP contribution in [-0.2, 0) is 30.5 Å². The topological polar surface area (TPSA) is 103 Å². The zero-order valence-electron chi connectivity index (χ0n) is 17.6. The van der Waals surface area contributed by atoms with Crippen LogP contribution in [0, 0.1) is 11.8 Å². The highest BCUT2D eigenvalue weighted by atomic mass is 79.9. The highest BCUT2D eigenvalue weighted by Crippen LogP contribution is 2.36. The van der Waals surface area contributed by atoms with Crippen molar-refractivity contribution in [3.8, 4) is 0 Å². The van der Waals surface area contributed by atoms with Crippen LogP contribution in [0.2, 0.25) is 0 Å². The minimum atomic E-state index is -1.07. The summed E-state index contributed by atoms with van der Waals surface area (Å²) in [5.74, 6) is -3.00. The summed E-state index contributed by atoms with van der Waals surface area (Å²) in [5, 5.41) is 0.591. The van der Waals surface area contributed by atoms with Crippen LogP contribution in [0.5, 0.6) is 0 Å². The van der Waals surface area contributed by atoms with E-state index in [9.17, 15) is 19.2 Å². The van der Waals surface area contributed by atoms with Crippen LogP contribution < -0.4 is 0 Å². The normalized spacial score (nSPS) is 21.0. The Balaban J connectivity index is 1.54. The Morgan fingerprint density at radius 2 is 1.81 bits per heavy atom. The second-order valence-corrected chi connectivity index (χ2v) is 8.67. The van der Waals surface area contributed by atoms with Gasteiger partial charge in [0.05, 0.1) is 24.0 Å². The predicted octanol–water partition coefficient (Wildman–Crippen LogP) is 3.75. The first-order valence-corrected chi connectivity index (χ1v) is 11.2. The Bertz CT molecular complexity index is 1110. The third-order valence-corrected chi connectivity index (χ3v) is 6.34. The van der Waals surface area contributed by atoms with Crippen molar-refractivity contribution < 1.29 is 33.1 Å². The van der Waals surface area contributed by atoms with Gasteiger partial charge in [0.2, 0.25) is 17.6 Å². The van der Waals surface area contributed by atoms with Crippen molar-refractivity contribution in [3.05, 3.63) is 46.1 Å². The van der Waals surface area contributed by atoms with Gasteiger partial charge in [0.15, 0.2) is 0 Å². The molecule has 2 aliphatic rings. The van der Waals surface area contributed by atoms with E-state index in [-0.39, 0.29) is 30.8 Å². The predicted molar refractivity (Wildman–Crippen MR) is 116 cm³/mol. The molecule has 0 radical (unpaired) electrons. The number of carbonyl (C=O) groups is 4. The van der Waals surface area contributed by atoms with Crippen LogP contribution in [0.1, 0.15) is 42.8 Å². The molecular weight excluding hydrogens is 482 g/mol. The highest BCUT2D eigenvalue weighted by molar-refractivity contribution is 9.10. The molecule has 1 aromatic heterocycles. The van der Waals surface area contributed by atoms with E-state index in [4.69, 9.17) is 13.9 Å². The van der Waals surface area contributed by atoms with Crippen molar-refractivity contribution in [1.29, 1.82) is 0 Å². The van der Waals surface area contributed by atoms with Crippen LogP contribution in [0.4, 0.5) is 0 Å². The molecule has 1 fully saturated rings. The number of likely N-dealkylation sites (tertiary alicyclic amines) is 1. The summed E-state index contributed by atoms with van der Waals surface area (Å²) < 4.78 is 16.9. The van der Waals surface area contributed by atoms with Gasteiger partial charge in [-0.05, 0) is 44.9 Å². The molecule has 168 valence electrons. The first-order valence-electron chi connectivity index (χ1n) is 10.4. The van der Waals surface area contributed by atoms with Gasteiger partial charge in [0.25, 0.3) is 0 Å². The Labute approximate surface area is 192 Å². The van der Waals surface area contributed by atoms with E-state index >= 15 is 0 Å². The highest BCUT2D eigenvalue weighted by Gasteiger charge is 2.50. The number of halogens is 1. The van der Waals surface area contributed by atoms with Gasteiger partial charge in [-0.25, -0.2) is 9.59 Å². The number of allylic oxidation sites excluding steroid dienone is 2. The standard InChI is InChI=1S/C23H22BrNO7/c1-3-30-23(29)19-17(16-10-13(24)8-9-18(16)32-19)11-31-22(28)12(2)25-20(26)14-6-4-5-7-15(14)21(25)27/h4-5,8-10,12,14-15H,3,6-7,11H2,1-2H3/t12-,14-,15-/m0/s1. The van der Waals surface area contributed by atoms with Crippen molar-refractivity contribution in [2.24, 2.45) is 11.8 Å². The van der Waals surface area contributed by atoms with Gasteiger partial charge in [0.1, 0.15) is 18.2 Å². The molecule has 0 saturated carbocycles. The van der Waals surface area contributed by atoms with Crippen molar-refractivity contribution in [2.45, 2.75) is 39.3 Å². The number of benzene rings is 1. The molecule has 1 saturated heterocycles. The zero-order chi connectivity index (χ0) is 23.0. The molecule has 2 amide bonds. The molecule has 0 spiro atoms. The van der Waals surface area contributed by atoms with Gasteiger partial charge in [0, 0.05) is 9.86 Å². The maximum absolute atomic E-state index is 12.8. The number of furan rings is 1. The van der Waals surface area contributed by atoms with Gasteiger partial charge in [-0.15, -0.1) is 0 Å². The average molecular weight is 504 g/mol. The zero-order valence-corrected chi connectivity index (χ0v) is 19.2. The summed E-state index contributed by atoms with van der Waals surface area (Å²) in [7, 11) is 0. The molecule has 1 aliphatic heterocycles. The number of imide groups is 1. The van der Waals surface area contributed by atoms with E-state index in [2.05, 4.69) is 15.9 Å². The lowest BCUT2D eigenvalue weighted by molar-refractivity contribution is -0.159. The number of ether oxygens (including phenoxy) is 2. The SMILES string of the molecule is CCOC(=O)c1oc2ccc(Br)cc2c1COC(=O)[C@H](C)N1C(=O)[C@H]2CC=CC[C@@H]2C1=O. The monoisotopic (exact) mass is 503 g/mol. The fraction of sp³-hybridized carbons (Fsp3) is 0.391. The van der Waals surface area contributed by atoms with E-state index in [1.54, 1.807) is 25.1 Å². The number of fused-ring (bicyclic) bond motifs is 2. The van der Waals surface area contributed by atoms with E-state index in [0.717, 1.165) is 9.37 Å². The Kier molecular flexibility index (Phi) is 6.19. The van der Waals surface area contributed by atoms with Crippen LogP contribution in [0.25, 0.3) is 11.0 Å². The van der Waals surface area contributed by atoms with Gasteiger partial charge in [-0.1, -0.05) is 28.1 Å². The van der Waals surface area contributed by atoms with Crippen molar-refractivity contribution in [3.63, 3.8) is 0 Å². The van der Waals surface area contributed by atoms with Crippen LogP contribution in [0.3, 0.4) is 0 Å². The fourth-order valence-corrected chi connectivity index (χ4v) is 4.56. The number of rotatable bonds is 6. The second kappa shape index (κ2) is 8.90. The molecule has 9 heteroatoms. The summed E-state index contributed by atoms with van der Waals surface area (Å²) in [5.41, 5.74) is 0.800. The van der Waals surface area contributed by atoms with Crippen LogP contribution in [-0.4, -0.2) is 41.3 Å². The second-order valence-electron chi connectivity index (χ2n) is 7.76. The first-order chi connectivity index (χ1) is 15.3. The quantitative estimate of drug-likeness (QED) is 0.335. The molecule has 2 heterocycles. The Hall–Kier alpha value is -2.94. The maximum Gasteiger partial charge on any atom is 0.374 e. The van der Waals surface area contributed by atoms with E-state index in [1.165, 1.54) is 6.92 Å². The number of carbonyl (C=O) groups excluding carboxylic acids is 4. The van der Waals surface area contributed by atoms with Crippen molar-refractivity contribution in [2.75, 3.05) is 6.61 Å². The summed E-state index contributed by atoms with van der Waals surface area (Å²) in [6.07, 6.45) is 4.76. The van der Waals surface area contributed by atoms with Gasteiger partial charge in [-0.2, -0.15) is 0 Å². The van der Waals surface area contributed by atoms with Crippen LogP contribution >= 0.6 is 15.9 Å². The molecule has 0 bridgehead atoms. The summed E-state index contributed by atoms with van der Waals surface area (Å²) in [6, 6.07) is 4.13. The lowest BCUT2D eigenvalue weighted by Crippen LogP contribution is -2.44. The van der Waals surface area contributed by atoms with Crippen molar-refractivity contribution >= 4 is 50.7 Å². The molecular formula is C23H22BrNO7. The minimum Gasteiger partial charge on any atom is -0.460 e. The smallest absolute Gasteiger partial charge is 0.374 e. The summed E-state index contributed by atoms with van der Waals surface area (Å²) in [6.45, 7) is 3.03. The van der Waals surface area contributed by atoms with E-state index in [0.29, 0.717) is 29.4 Å². The Morgan fingerprint density at radius 1 is 1.16 bits per heavy atom. The number of amides is 2. The molecule has 8 nitrogen and oxygen atoms in total. The third kappa shape index (κ3) is 3.85. The molecule has 2 aromatic rings.